The molecule has 7 nitrogen and oxygen atoms in total. The summed E-state index contributed by atoms with van der Waals surface area (Å²) < 4.78 is 12.9. The third-order valence-electron chi connectivity index (χ3n) is 7.69. The summed E-state index contributed by atoms with van der Waals surface area (Å²) >= 11 is 6.66. The highest BCUT2D eigenvalue weighted by molar-refractivity contribution is 6.35. The second kappa shape index (κ2) is 12.3. The Morgan fingerprint density at radius 2 is 1.78 bits per heavy atom. The molecule has 4 aromatic rings. The van der Waals surface area contributed by atoms with Gasteiger partial charge >= 0.3 is 0 Å². The van der Waals surface area contributed by atoms with Crippen LogP contribution in [-0.4, -0.2) is 36.3 Å². The molecule has 5 rings (SSSR count). The van der Waals surface area contributed by atoms with Crippen molar-refractivity contribution in [3.63, 3.8) is 0 Å². The molecule has 1 aliphatic rings. The summed E-state index contributed by atoms with van der Waals surface area (Å²) in [4.78, 5) is 29.0. The molecule has 1 atom stereocenters. The maximum absolute atomic E-state index is 13.8. The van der Waals surface area contributed by atoms with E-state index < -0.39 is 6.04 Å². The molecule has 0 radical (unpaired) electrons. The van der Waals surface area contributed by atoms with E-state index in [9.17, 15) is 9.59 Å². The molecule has 0 bridgehead atoms. The fraction of sp³-hybridized carbons (Fsp3) is 0.333. The highest BCUT2D eigenvalue weighted by Gasteiger charge is 2.27. The Balaban J connectivity index is 1.41. The molecule has 2 heterocycles. The molecule has 0 spiro atoms. The van der Waals surface area contributed by atoms with Gasteiger partial charge in [-0.2, -0.15) is 0 Å². The Kier molecular flexibility index (Phi) is 8.54. The fourth-order valence-corrected chi connectivity index (χ4v) is 5.68. The van der Waals surface area contributed by atoms with E-state index in [-0.39, 0.29) is 25.2 Å². The minimum Gasteiger partial charge on any atom is -0.454 e. The van der Waals surface area contributed by atoms with Gasteiger partial charge in [0.2, 0.25) is 18.6 Å². The SMILES string of the molecule is Cc1c(CCC(C)C)c2c(Cl)cccc2n1CC(=O)NC(Cc1ccccc1)C(=O)N(C)c1ccc2c(c1)OCO2. The summed E-state index contributed by atoms with van der Waals surface area (Å²) in [6.45, 7) is 6.68. The summed E-state index contributed by atoms with van der Waals surface area (Å²) in [7, 11) is 1.70. The van der Waals surface area contributed by atoms with Crippen LogP contribution in [0.5, 0.6) is 11.5 Å². The van der Waals surface area contributed by atoms with E-state index in [2.05, 4.69) is 19.2 Å². The molecule has 0 fully saturated rings. The summed E-state index contributed by atoms with van der Waals surface area (Å²) in [5.74, 6) is 1.31. The van der Waals surface area contributed by atoms with Crippen LogP contribution in [-0.2, 0) is 29.0 Å². The fourth-order valence-electron chi connectivity index (χ4n) is 5.39. The molecule has 0 saturated carbocycles. The van der Waals surface area contributed by atoms with Gasteiger partial charge in [-0.15, -0.1) is 0 Å². The third-order valence-corrected chi connectivity index (χ3v) is 8.00. The van der Waals surface area contributed by atoms with Gasteiger partial charge in [-0.25, -0.2) is 0 Å². The normalized spacial score (nSPS) is 13.0. The van der Waals surface area contributed by atoms with Gasteiger partial charge in [0.1, 0.15) is 12.6 Å². The van der Waals surface area contributed by atoms with Crippen LogP contribution in [0.3, 0.4) is 0 Å². The lowest BCUT2D eigenvalue weighted by Gasteiger charge is -2.25. The topological polar surface area (TPSA) is 72.8 Å². The number of fused-ring (bicyclic) bond motifs is 2. The predicted octanol–water partition coefficient (Wildman–Crippen LogP) is 6.31. The maximum atomic E-state index is 13.8. The number of carbonyl (C=O) groups excluding carboxylic acids is 2. The molecule has 1 unspecified atom stereocenters. The molecule has 8 heteroatoms. The van der Waals surface area contributed by atoms with E-state index in [4.69, 9.17) is 21.1 Å². The number of benzene rings is 3. The summed E-state index contributed by atoms with van der Waals surface area (Å²) in [6, 6.07) is 20.1. The first-order valence-electron chi connectivity index (χ1n) is 14.0. The highest BCUT2D eigenvalue weighted by Crippen LogP contribution is 2.36. The Hall–Kier alpha value is -3.97. The predicted molar refractivity (Wildman–Crippen MR) is 163 cm³/mol. The van der Waals surface area contributed by atoms with Crippen LogP contribution in [0.2, 0.25) is 5.02 Å². The largest absolute Gasteiger partial charge is 0.454 e. The second-order valence-electron chi connectivity index (χ2n) is 11.0. The zero-order valence-electron chi connectivity index (χ0n) is 23.9. The van der Waals surface area contributed by atoms with E-state index in [1.807, 2.05) is 66.1 Å². The van der Waals surface area contributed by atoms with Crippen molar-refractivity contribution >= 4 is 40.0 Å². The number of ether oxygens (including phenoxy) is 2. The molecule has 41 heavy (non-hydrogen) atoms. The van der Waals surface area contributed by atoms with Gasteiger partial charge in [0.15, 0.2) is 11.5 Å². The van der Waals surface area contributed by atoms with Crippen LogP contribution in [0.15, 0.2) is 66.7 Å². The average molecular weight is 574 g/mol. The monoisotopic (exact) mass is 573 g/mol. The number of halogens is 1. The van der Waals surface area contributed by atoms with Crippen molar-refractivity contribution in [3.05, 3.63) is 88.6 Å². The zero-order chi connectivity index (χ0) is 29.1. The van der Waals surface area contributed by atoms with Gasteiger partial charge in [0, 0.05) is 36.3 Å². The first-order chi connectivity index (χ1) is 19.7. The van der Waals surface area contributed by atoms with Gasteiger partial charge in [-0.3, -0.25) is 9.59 Å². The van der Waals surface area contributed by atoms with Gasteiger partial charge in [-0.05, 0) is 61.1 Å². The minimum atomic E-state index is -0.772. The van der Waals surface area contributed by atoms with E-state index in [0.29, 0.717) is 34.5 Å². The van der Waals surface area contributed by atoms with Crippen LogP contribution >= 0.6 is 11.6 Å². The molecular formula is C33H36ClN3O4. The molecule has 1 aliphatic heterocycles. The van der Waals surface area contributed by atoms with Crippen LogP contribution in [0.25, 0.3) is 10.9 Å². The molecule has 1 aromatic heterocycles. The van der Waals surface area contributed by atoms with E-state index in [1.54, 1.807) is 24.1 Å². The molecule has 1 N–H and O–H groups in total. The molecule has 0 saturated heterocycles. The number of hydrogen-bond donors (Lipinski definition) is 1. The number of hydrogen-bond acceptors (Lipinski definition) is 4. The summed E-state index contributed by atoms with van der Waals surface area (Å²) in [6.07, 6.45) is 2.27. The quantitative estimate of drug-likeness (QED) is 0.241. The summed E-state index contributed by atoms with van der Waals surface area (Å²) in [5, 5.41) is 4.73. The Morgan fingerprint density at radius 1 is 1.02 bits per heavy atom. The number of aromatic nitrogens is 1. The number of amides is 2. The van der Waals surface area contributed by atoms with Crippen LogP contribution < -0.4 is 19.7 Å². The Morgan fingerprint density at radius 3 is 2.54 bits per heavy atom. The number of likely N-dealkylation sites (N-methyl/N-ethyl adjacent to an activating group) is 1. The van der Waals surface area contributed by atoms with E-state index in [1.165, 1.54) is 5.56 Å². The Bertz CT molecular complexity index is 1560. The van der Waals surface area contributed by atoms with Crippen molar-refractivity contribution in [3.8, 4) is 11.5 Å². The standard InChI is InChI=1S/C33H36ClN3O4/c1-21(2)13-15-25-22(3)37(28-12-8-11-26(34)32(25)28)19-31(38)35-27(17-23-9-6-5-7-10-23)33(39)36(4)24-14-16-29-30(18-24)41-20-40-29/h5-12,14,16,18,21,27H,13,15,17,19-20H2,1-4H3,(H,35,38). The number of carbonyl (C=O) groups is 2. The average Bonchev–Trinajstić information content (AvgIpc) is 3.54. The van der Waals surface area contributed by atoms with E-state index >= 15 is 0 Å². The maximum Gasteiger partial charge on any atom is 0.249 e. The van der Waals surface area contributed by atoms with Crippen LogP contribution in [0.4, 0.5) is 5.69 Å². The molecule has 2 amide bonds. The second-order valence-corrected chi connectivity index (χ2v) is 11.4. The van der Waals surface area contributed by atoms with Gasteiger partial charge in [0.05, 0.1) is 10.5 Å². The van der Waals surface area contributed by atoms with Crippen molar-refractivity contribution in [1.29, 1.82) is 0 Å². The number of aryl methyl sites for hydroxylation is 1. The number of nitrogens with one attached hydrogen (secondary N) is 1. The smallest absolute Gasteiger partial charge is 0.249 e. The molecule has 0 aliphatic carbocycles. The highest BCUT2D eigenvalue weighted by atomic mass is 35.5. The summed E-state index contributed by atoms with van der Waals surface area (Å²) in [5.41, 5.74) is 4.73. The van der Waals surface area contributed by atoms with Gasteiger partial charge in [-0.1, -0.05) is 61.8 Å². The lowest BCUT2D eigenvalue weighted by molar-refractivity contribution is -0.127. The van der Waals surface area contributed by atoms with Crippen molar-refractivity contribution in [2.75, 3.05) is 18.7 Å². The van der Waals surface area contributed by atoms with Gasteiger partial charge < -0.3 is 24.3 Å². The van der Waals surface area contributed by atoms with Crippen molar-refractivity contribution in [2.45, 2.75) is 52.6 Å². The van der Waals surface area contributed by atoms with Crippen molar-refractivity contribution < 1.29 is 19.1 Å². The van der Waals surface area contributed by atoms with Crippen LogP contribution in [0.1, 0.15) is 37.1 Å². The van der Waals surface area contributed by atoms with Crippen LogP contribution in [0, 0.1) is 12.8 Å². The lowest BCUT2D eigenvalue weighted by Crippen LogP contribution is -2.49. The number of anilines is 1. The van der Waals surface area contributed by atoms with E-state index in [0.717, 1.165) is 35.0 Å². The van der Waals surface area contributed by atoms with Gasteiger partial charge in [0.25, 0.3) is 0 Å². The molecular weight excluding hydrogens is 538 g/mol. The first-order valence-corrected chi connectivity index (χ1v) is 14.4. The number of nitrogens with zero attached hydrogens (tertiary/aromatic N) is 2. The van der Waals surface area contributed by atoms with Crippen molar-refractivity contribution in [2.24, 2.45) is 5.92 Å². The first kappa shape index (κ1) is 28.6. The molecule has 3 aromatic carbocycles. The zero-order valence-corrected chi connectivity index (χ0v) is 24.7. The van der Waals surface area contributed by atoms with Crippen molar-refractivity contribution in [1.82, 2.24) is 9.88 Å². The molecule has 214 valence electrons. The Labute approximate surface area is 246 Å². The minimum absolute atomic E-state index is 0.0800. The number of rotatable bonds is 10. The third kappa shape index (κ3) is 6.20. The lowest BCUT2D eigenvalue weighted by atomic mass is 10.0.